The number of rotatable bonds is 3. The van der Waals surface area contributed by atoms with E-state index in [4.69, 9.17) is 11.6 Å². The molecule has 0 aliphatic rings. The van der Waals surface area contributed by atoms with E-state index in [2.05, 4.69) is 15.5 Å². The van der Waals surface area contributed by atoms with Gasteiger partial charge in [0.05, 0.1) is 17.6 Å². The third-order valence-electron chi connectivity index (χ3n) is 1.94. The van der Waals surface area contributed by atoms with E-state index >= 15 is 0 Å². The number of benzene rings is 1. The lowest BCUT2D eigenvalue weighted by Crippen LogP contribution is -2.06. The fraction of sp³-hybridized carbons (Fsp3) is 0.200. The molecule has 0 spiro atoms. The van der Waals surface area contributed by atoms with Crippen molar-refractivity contribution in [3.8, 4) is 5.69 Å². The van der Waals surface area contributed by atoms with Crippen LogP contribution in [0.3, 0.4) is 0 Å². The molecule has 4 nitrogen and oxygen atoms in total. The summed E-state index contributed by atoms with van der Waals surface area (Å²) in [5.41, 5.74) is 1.77. The van der Waals surface area contributed by atoms with Crippen LogP contribution in [0.25, 0.3) is 5.69 Å². The van der Waals surface area contributed by atoms with Gasteiger partial charge < -0.3 is 5.32 Å². The quantitative estimate of drug-likeness (QED) is 0.859. The van der Waals surface area contributed by atoms with Crippen LogP contribution in [0.5, 0.6) is 0 Å². The molecule has 1 aromatic carbocycles. The Morgan fingerprint density at radius 2 is 2.33 bits per heavy atom. The second-order valence-corrected chi connectivity index (χ2v) is 3.57. The first kappa shape index (κ1) is 10.1. The van der Waals surface area contributed by atoms with Crippen LogP contribution in [0.4, 0.5) is 0 Å². The average Bonchev–Trinajstić information content (AvgIpc) is 2.67. The summed E-state index contributed by atoms with van der Waals surface area (Å²) in [4.78, 5) is 1.57. The van der Waals surface area contributed by atoms with E-state index in [1.54, 1.807) is 11.0 Å². The highest BCUT2D eigenvalue weighted by molar-refractivity contribution is 6.30. The molecule has 5 heteroatoms. The Labute approximate surface area is 92.9 Å². The third-order valence-corrected chi connectivity index (χ3v) is 2.17. The summed E-state index contributed by atoms with van der Waals surface area (Å²) in [5, 5.41) is 12.1. The molecular weight excluding hydrogens is 212 g/mol. The average molecular weight is 223 g/mol. The first-order chi connectivity index (χ1) is 7.29. The van der Waals surface area contributed by atoms with Crippen LogP contribution in [-0.4, -0.2) is 22.0 Å². The lowest BCUT2D eigenvalue weighted by molar-refractivity contribution is 0.716. The van der Waals surface area contributed by atoms with Crippen molar-refractivity contribution in [2.24, 2.45) is 0 Å². The van der Waals surface area contributed by atoms with Crippen LogP contribution in [0, 0.1) is 0 Å². The van der Waals surface area contributed by atoms with Crippen molar-refractivity contribution in [3.63, 3.8) is 0 Å². The molecule has 1 N–H and O–H groups in total. The maximum atomic E-state index is 5.88. The van der Waals surface area contributed by atoms with Crippen molar-refractivity contribution in [3.05, 3.63) is 41.2 Å². The van der Waals surface area contributed by atoms with Gasteiger partial charge in [0, 0.05) is 11.6 Å². The van der Waals surface area contributed by atoms with Crippen LogP contribution in [0.2, 0.25) is 5.02 Å². The minimum Gasteiger partial charge on any atom is -0.314 e. The Bertz CT molecular complexity index is 452. The molecular formula is C10H11ClN4. The van der Waals surface area contributed by atoms with Gasteiger partial charge in [0.1, 0.15) is 0 Å². The lowest BCUT2D eigenvalue weighted by Gasteiger charge is -1.99. The van der Waals surface area contributed by atoms with Gasteiger partial charge in [-0.3, -0.25) is 0 Å². The van der Waals surface area contributed by atoms with Crippen LogP contribution >= 0.6 is 11.6 Å². The summed E-state index contributed by atoms with van der Waals surface area (Å²) in [6.07, 6.45) is 1.73. The van der Waals surface area contributed by atoms with Gasteiger partial charge in [-0.2, -0.15) is 15.0 Å². The smallest absolute Gasteiger partial charge is 0.0969 e. The monoisotopic (exact) mass is 222 g/mol. The molecule has 0 saturated heterocycles. The third kappa shape index (κ3) is 2.34. The van der Waals surface area contributed by atoms with E-state index < -0.39 is 0 Å². The lowest BCUT2D eigenvalue weighted by atomic mass is 10.3. The van der Waals surface area contributed by atoms with E-state index in [1.807, 2.05) is 31.3 Å². The van der Waals surface area contributed by atoms with Gasteiger partial charge >= 0.3 is 0 Å². The molecule has 0 aliphatic carbocycles. The molecule has 1 aromatic heterocycles. The number of nitrogens with one attached hydrogen (secondary N) is 1. The summed E-state index contributed by atoms with van der Waals surface area (Å²) in [7, 11) is 1.87. The molecule has 0 saturated carbocycles. The minimum absolute atomic E-state index is 0.681. The zero-order valence-corrected chi connectivity index (χ0v) is 9.07. The van der Waals surface area contributed by atoms with Gasteiger partial charge in [0.25, 0.3) is 0 Å². The first-order valence-electron chi connectivity index (χ1n) is 4.61. The molecule has 1 heterocycles. The maximum Gasteiger partial charge on any atom is 0.0969 e. The zero-order valence-electron chi connectivity index (χ0n) is 8.31. The summed E-state index contributed by atoms with van der Waals surface area (Å²) in [6, 6.07) is 7.43. The van der Waals surface area contributed by atoms with Crippen LogP contribution in [0.1, 0.15) is 5.69 Å². The van der Waals surface area contributed by atoms with Crippen molar-refractivity contribution < 1.29 is 0 Å². The van der Waals surface area contributed by atoms with E-state index in [1.165, 1.54) is 0 Å². The second kappa shape index (κ2) is 4.42. The number of hydrogen-bond donors (Lipinski definition) is 1. The predicted molar refractivity (Wildman–Crippen MR) is 59.1 cm³/mol. The van der Waals surface area contributed by atoms with Crippen LogP contribution in [0.15, 0.2) is 30.5 Å². The topological polar surface area (TPSA) is 42.7 Å². The molecule has 0 unspecified atom stereocenters. The zero-order chi connectivity index (χ0) is 10.7. The molecule has 2 rings (SSSR count). The van der Waals surface area contributed by atoms with Gasteiger partial charge in [0.2, 0.25) is 0 Å². The predicted octanol–water partition coefficient (Wildman–Crippen LogP) is 1.64. The summed E-state index contributed by atoms with van der Waals surface area (Å²) >= 11 is 5.88. The molecule has 0 radical (unpaired) electrons. The van der Waals surface area contributed by atoms with Gasteiger partial charge in [-0.15, -0.1) is 0 Å². The summed E-state index contributed by atoms with van der Waals surface area (Å²) in [6.45, 7) is 0.709. The molecule has 0 amide bonds. The molecule has 0 aliphatic heterocycles. The van der Waals surface area contributed by atoms with E-state index in [9.17, 15) is 0 Å². The van der Waals surface area contributed by atoms with E-state index in [0.717, 1.165) is 11.4 Å². The van der Waals surface area contributed by atoms with Gasteiger partial charge in [-0.1, -0.05) is 17.7 Å². The molecule has 2 aromatic rings. The number of halogens is 1. The minimum atomic E-state index is 0.681. The van der Waals surface area contributed by atoms with Gasteiger partial charge in [-0.25, -0.2) is 0 Å². The van der Waals surface area contributed by atoms with Gasteiger partial charge in [-0.05, 0) is 25.2 Å². The Morgan fingerprint density at radius 1 is 1.47 bits per heavy atom. The molecule has 0 fully saturated rings. The fourth-order valence-electron chi connectivity index (χ4n) is 1.28. The Morgan fingerprint density at radius 3 is 3.07 bits per heavy atom. The maximum absolute atomic E-state index is 5.88. The molecule has 15 heavy (non-hydrogen) atoms. The molecule has 0 atom stereocenters. The number of hydrogen-bond acceptors (Lipinski definition) is 3. The van der Waals surface area contributed by atoms with Crippen molar-refractivity contribution in [2.75, 3.05) is 7.05 Å². The van der Waals surface area contributed by atoms with Crippen LogP contribution in [-0.2, 0) is 6.54 Å². The van der Waals surface area contributed by atoms with Crippen molar-refractivity contribution in [1.82, 2.24) is 20.3 Å². The highest BCUT2D eigenvalue weighted by Gasteiger charge is 2.01. The largest absolute Gasteiger partial charge is 0.314 e. The highest BCUT2D eigenvalue weighted by Crippen LogP contribution is 2.13. The summed E-state index contributed by atoms with van der Waals surface area (Å²) in [5.74, 6) is 0. The van der Waals surface area contributed by atoms with E-state index in [0.29, 0.717) is 11.6 Å². The summed E-state index contributed by atoms with van der Waals surface area (Å²) < 4.78 is 0. The Balaban J connectivity index is 2.29. The highest BCUT2D eigenvalue weighted by atomic mass is 35.5. The van der Waals surface area contributed by atoms with Crippen LogP contribution < -0.4 is 5.32 Å². The van der Waals surface area contributed by atoms with E-state index in [-0.39, 0.29) is 0 Å². The SMILES string of the molecule is CNCc1cnn(-c2cccc(Cl)c2)n1. The number of nitrogens with zero attached hydrogens (tertiary/aromatic N) is 3. The van der Waals surface area contributed by atoms with Crippen molar-refractivity contribution >= 4 is 11.6 Å². The molecule has 0 bridgehead atoms. The second-order valence-electron chi connectivity index (χ2n) is 3.14. The fourth-order valence-corrected chi connectivity index (χ4v) is 1.47. The van der Waals surface area contributed by atoms with Gasteiger partial charge in [0.15, 0.2) is 0 Å². The standard InChI is InChI=1S/C10H11ClN4/c1-12-6-9-7-13-15(14-9)10-4-2-3-8(11)5-10/h2-5,7,12H,6H2,1H3. The van der Waals surface area contributed by atoms with Crippen molar-refractivity contribution in [1.29, 1.82) is 0 Å². The number of aromatic nitrogens is 3. The molecule has 78 valence electrons. The Kier molecular flexibility index (Phi) is 2.99. The Hall–Kier alpha value is -1.39. The first-order valence-corrected chi connectivity index (χ1v) is 4.99. The normalized spacial score (nSPS) is 10.5. The van der Waals surface area contributed by atoms with Crippen molar-refractivity contribution in [2.45, 2.75) is 6.54 Å².